The number of esters is 1. The van der Waals surface area contributed by atoms with Crippen molar-refractivity contribution in [1.82, 2.24) is 5.32 Å². The van der Waals surface area contributed by atoms with Gasteiger partial charge in [-0.15, -0.1) is 0 Å². The van der Waals surface area contributed by atoms with Gasteiger partial charge in [0.05, 0.1) is 17.9 Å². The molecule has 9 heteroatoms. The van der Waals surface area contributed by atoms with Crippen LogP contribution in [0.25, 0.3) is 0 Å². The molecule has 2 amide bonds. The van der Waals surface area contributed by atoms with Crippen molar-refractivity contribution in [3.05, 3.63) is 28.2 Å². The van der Waals surface area contributed by atoms with Gasteiger partial charge in [-0.3, -0.25) is 0 Å². The van der Waals surface area contributed by atoms with E-state index < -0.39 is 24.7 Å². The number of carbonyl (C=O) groups is 2. The predicted molar refractivity (Wildman–Crippen MR) is 73.2 cm³/mol. The molecule has 5 nitrogen and oxygen atoms in total. The zero-order valence-electron chi connectivity index (χ0n) is 10.9. The average molecular weight is 369 g/mol. The molecule has 2 N–H and O–H groups in total. The van der Waals surface area contributed by atoms with Crippen molar-refractivity contribution >= 4 is 33.6 Å². The molecule has 0 saturated carbocycles. The first-order chi connectivity index (χ1) is 9.73. The van der Waals surface area contributed by atoms with Crippen molar-refractivity contribution in [3.63, 3.8) is 0 Å². The number of amides is 2. The van der Waals surface area contributed by atoms with Gasteiger partial charge in [0.1, 0.15) is 6.54 Å². The summed E-state index contributed by atoms with van der Waals surface area (Å²) in [5, 5.41) is 3.90. The SMILES string of the molecule is CCOC(=O)c1ccc(NC(=O)NCC(F)(F)F)c(Br)c1. The number of hydrogen-bond acceptors (Lipinski definition) is 3. The highest BCUT2D eigenvalue weighted by molar-refractivity contribution is 9.10. The molecule has 0 fully saturated rings. The number of hydrogen-bond donors (Lipinski definition) is 2. The van der Waals surface area contributed by atoms with E-state index in [-0.39, 0.29) is 17.9 Å². The van der Waals surface area contributed by atoms with E-state index in [1.165, 1.54) is 18.2 Å². The molecule has 0 bridgehead atoms. The molecular weight excluding hydrogens is 357 g/mol. The summed E-state index contributed by atoms with van der Waals surface area (Å²) in [6, 6.07) is 3.17. The number of alkyl halides is 3. The zero-order valence-corrected chi connectivity index (χ0v) is 12.5. The van der Waals surface area contributed by atoms with Crippen LogP contribution in [0.3, 0.4) is 0 Å². The molecule has 0 spiro atoms. The average Bonchev–Trinajstić information content (AvgIpc) is 2.38. The molecule has 0 saturated heterocycles. The van der Waals surface area contributed by atoms with Gasteiger partial charge in [0.2, 0.25) is 0 Å². The number of urea groups is 1. The number of nitrogens with one attached hydrogen (secondary N) is 2. The summed E-state index contributed by atoms with van der Waals surface area (Å²) in [5.41, 5.74) is 0.479. The van der Waals surface area contributed by atoms with E-state index >= 15 is 0 Å². The van der Waals surface area contributed by atoms with Crippen molar-refractivity contribution in [3.8, 4) is 0 Å². The third-order valence-corrected chi connectivity index (χ3v) is 2.83. The van der Waals surface area contributed by atoms with E-state index in [1.807, 2.05) is 0 Å². The first kappa shape index (κ1) is 17.3. The van der Waals surface area contributed by atoms with Gasteiger partial charge >= 0.3 is 18.2 Å². The molecule has 0 heterocycles. The molecular formula is C12H12BrF3N2O3. The van der Waals surface area contributed by atoms with Crippen LogP contribution in [-0.2, 0) is 4.74 Å². The van der Waals surface area contributed by atoms with Crippen LogP contribution in [-0.4, -0.2) is 31.3 Å². The van der Waals surface area contributed by atoms with Crippen LogP contribution in [0.5, 0.6) is 0 Å². The Bertz CT molecular complexity index is 535. The molecule has 0 aliphatic heterocycles. The fourth-order valence-corrected chi connectivity index (χ4v) is 1.78. The molecule has 1 rings (SSSR count). The van der Waals surface area contributed by atoms with Gasteiger partial charge in [0.15, 0.2) is 0 Å². The second-order valence-electron chi connectivity index (χ2n) is 3.84. The molecule has 0 aliphatic carbocycles. The molecule has 0 unspecified atom stereocenters. The van der Waals surface area contributed by atoms with E-state index in [0.717, 1.165) is 0 Å². The maximum absolute atomic E-state index is 11.9. The lowest BCUT2D eigenvalue weighted by atomic mass is 10.2. The normalized spacial score (nSPS) is 10.9. The Labute approximate surface area is 127 Å². The Morgan fingerprint density at radius 1 is 1.33 bits per heavy atom. The highest BCUT2D eigenvalue weighted by Crippen LogP contribution is 2.24. The van der Waals surface area contributed by atoms with Crippen LogP contribution in [0.15, 0.2) is 22.7 Å². The number of anilines is 1. The van der Waals surface area contributed by atoms with Crippen molar-refractivity contribution in [2.75, 3.05) is 18.5 Å². The number of benzene rings is 1. The summed E-state index contributed by atoms with van der Waals surface area (Å²) in [6.45, 7) is 0.446. The lowest BCUT2D eigenvalue weighted by Gasteiger charge is -2.11. The zero-order chi connectivity index (χ0) is 16.0. The van der Waals surface area contributed by atoms with Crippen molar-refractivity contribution in [2.24, 2.45) is 0 Å². The molecule has 0 aromatic heterocycles. The summed E-state index contributed by atoms with van der Waals surface area (Å²) in [6.07, 6.45) is -4.48. The van der Waals surface area contributed by atoms with Gasteiger partial charge in [-0.2, -0.15) is 13.2 Å². The van der Waals surface area contributed by atoms with Crippen LogP contribution < -0.4 is 10.6 Å². The third-order valence-electron chi connectivity index (χ3n) is 2.18. The molecule has 0 atom stereocenters. The van der Waals surface area contributed by atoms with Gasteiger partial charge in [0, 0.05) is 4.47 Å². The van der Waals surface area contributed by atoms with Gasteiger partial charge in [0.25, 0.3) is 0 Å². The third kappa shape index (κ3) is 6.03. The maximum Gasteiger partial charge on any atom is 0.405 e. The molecule has 21 heavy (non-hydrogen) atoms. The Hall–Kier alpha value is -1.77. The van der Waals surface area contributed by atoms with Crippen LogP contribution in [0.4, 0.5) is 23.7 Å². The van der Waals surface area contributed by atoms with Crippen molar-refractivity contribution in [2.45, 2.75) is 13.1 Å². The second kappa shape index (κ2) is 7.30. The summed E-state index contributed by atoms with van der Waals surface area (Å²) < 4.78 is 41.0. The van der Waals surface area contributed by atoms with Crippen LogP contribution in [0.1, 0.15) is 17.3 Å². The van der Waals surface area contributed by atoms with E-state index in [2.05, 4.69) is 21.2 Å². The standard InChI is InChI=1S/C12H12BrF3N2O3/c1-2-21-10(19)7-3-4-9(8(13)5-7)18-11(20)17-6-12(14,15)16/h3-5H,2,6H2,1H3,(H2,17,18,20). The first-order valence-corrected chi connectivity index (χ1v) is 6.60. The van der Waals surface area contributed by atoms with Gasteiger partial charge in [-0.1, -0.05) is 0 Å². The number of halogens is 4. The van der Waals surface area contributed by atoms with Crippen LogP contribution in [0.2, 0.25) is 0 Å². The topological polar surface area (TPSA) is 67.4 Å². The van der Waals surface area contributed by atoms with E-state index in [1.54, 1.807) is 12.2 Å². The van der Waals surface area contributed by atoms with Crippen molar-refractivity contribution in [1.29, 1.82) is 0 Å². The molecule has 1 aromatic rings. The Kier molecular flexibility index (Phi) is 6.01. The molecule has 0 radical (unpaired) electrons. The predicted octanol–water partition coefficient (Wildman–Crippen LogP) is 3.31. The number of rotatable bonds is 4. The fraction of sp³-hybridized carbons (Fsp3) is 0.333. The quantitative estimate of drug-likeness (QED) is 0.801. The van der Waals surface area contributed by atoms with Crippen LogP contribution >= 0.6 is 15.9 Å². The first-order valence-electron chi connectivity index (χ1n) is 5.81. The van der Waals surface area contributed by atoms with Crippen LogP contribution in [0, 0.1) is 0 Å². The Morgan fingerprint density at radius 3 is 2.52 bits per heavy atom. The summed E-state index contributed by atoms with van der Waals surface area (Å²) in [5.74, 6) is -0.536. The molecule has 116 valence electrons. The van der Waals surface area contributed by atoms with Gasteiger partial charge in [-0.05, 0) is 41.1 Å². The smallest absolute Gasteiger partial charge is 0.405 e. The van der Waals surface area contributed by atoms with E-state index in [9.17, 15) is 22.8 Å². The summed E-state index contributed by atoms with van der Waals surface area (Å²) in [4.78, 5) is 22.8. The minimum Gasteiger partial charge on any atom is -0.462 e. The maximum atomic E-state index is 11.9. The highest BCUT2D eigenvalue weighted by atomic mass is 79.9. The Balaban J connectivity index is 2.68. The number of ether oxygens (including phenoxy) is 1. The van der Waals surface area contributed by atoms with E-state index in [4.69, 9.17) is 4.74 Å². The van der Waals surface area contributed by atoms with Gasteiger partial charge in [-0.25, -0.2) is 9.59 Å². The lowest BCUT2D eigenvalue weighted by molar-refractivity contribution is -0.122. The summed E-state index contributed by atoms with van der Waals surface area (Å²) in [7, 11) is 0. The number of carbonyl (C=O) groups excluding carboxylic acids is 2. The van der Waals surface area contributed by atoms with Crippen molar-refractivity contribution < 1.29 is 27.5 Å². The lowest BCUT2D eigenvalue weighted by Crippen LogP contribution is -2.36. The van der Waals surface area contributed by atoms with E-state index in [0.29, 0.717) is 4.47 Å². The summed E-state index contributed by atoms with van der Waals surface area (Å²) >= 11 is 3.11. The fourth-order valence-electron chi connectivity index (χ4n) is 1.30. The minimum atomic E-state index is -4.48. The minimum absolute atomic E-state index is 0.219. The largest absolute Gasteiger partial charge is 0.462 e. The van der Waals surface area contributed by atoms with Gasteiger partial charge < -0.3 is 15.4 Å². The monoisotopic (exact) mass is 368 g/mol. The molecule has 0 aliphatic rings. The Morgan fingerprint density at radius 2 is 2.00 bits per heavy atom. The second-order valence-corrected chi connectivity index (χ2v) is 4.69. The highest BCUT2D eigenvalue weighted by Gasteiger charge is 2.27. The molecule has 1 aromatic carbocycles.